The van der Waals surface area contributed by atoms with E-state index in [1.165, 1.54) is 12.1 Å². The van der Waals surface area contributed by atoms with Gasteiger partial charge in [0, 0.05) is 18.7 Å². The van der Waals surface area contributed by atoms with Crippen LogP contribution in [0.2, 0.25) is 0 Å². The van der Waals surface area contributed by atoms with E-state index in [-0.39, 0.29) is 28.3 Å². The molecule has 0 N–H and O–H groups in total. The molecule has 5 rings (SSSR count). The number of nitro groups is 1. The van der Waals surface area contributed by atoms with E-state index in [4.69, 9.17) is 9.15 Å². The van der Waals surface area contributed by atoms with Gasteiger partial charge in [-0.2, -0.15) is 0 Å². The molecule has 0 aliphatic carbocycles. The van der Waals surface area contributed by atoms with Gasteiger partial charge in [0.2, 0.25) is 5.76 Å². The highest BCUT2D eigenvalue weighted by Gasteiger charge is 2.42. The summed E-state index contributed by atoms with van der Waals surface area (Å²) < 4.78 is 11.3. The van der Waals surface area contributed by atoms with E-state index in [2.05, 4.69) is 0 Å². The van der Waals surface area contributed by atoms with Crippen LogP contribution in [0.4, 0.5) is 5.69 Å². The summed E-state index contributed by atoms with van der Waals surface area (Å²) in [5.41, 5.74) is 3.81. The van der Waals surface area contributed by atoms with Crippen LogP contribution in [0.15, 0.2) is 69.9 Å². The standard InChI is InChI=1S/C28H24N2O6/c1-16-14-22-23(15-17(16)2)36-27-24(26(22)31)25(19-6-8-20(9-7-19)30(33)34)29(28(27)32)13-12-18-4-10-21(35-3)11-5-18/h4-11,14-15,25H,12-13H2,1-3H3. The SMILES string of the molecule is COc1ccc(CCN2C(=O)c3oc4cc(C)c(C)cc4c(=O)c3C2c2ccc([N+](=O)[O-])cc2)cc1. The van der Waals surface area contributed by atoms with Crippen molar-refractivity contribution in [1.29, 1.82) is 0 Å². The molecule has 36 heavy (non-hydrogen) atoms. The molecule has 8 nitrogen and oxygen atoms in total. The normalized spacial score (nSPS) is 14.8. The smallest absolute Gasteiger partial charge is 0.290 e. The fourth-order valence-electron chi connectivity index (χ4n) is 4.67. The van der Waals surface area contributed by atoms with Crippen molar-refractivity contribution in [2.24, 2.45) is 0 Å². The zero-order chi connectivity index (χ0) is 25.6. The number of carbonyl (C=O) groups is 1. The number of amides is 1. The Labute approximate surface area is 206 Å². The molecular weight excluding hydrogens is 460 g/mol. The first kappa shape index (κ1) is 23.3. The van der Waals surface area contributed by atoms with Gasteiger partial charge < -0.3 is 14.1 Å². The first-order valence-electron chi connectivity index (χ1n) is 11.5. The van der Waals surface area contributed by atoms with Crippen LogP contribution >= 0.6 is 0 Å². The van der Waals surface area contributed by atoms with Crippen LogP contribution in [0.5, 0.6) is 5.75 Å². The zero-order valence-electron chi connectivity index (χ0n) is 20.1. The highest BCUT2D eigenvalue weighted by atomic mass is 16.6. The van der Waals surface area contributed by atoms with Crippen molar-refractivity contribution in [3.05, 3.63) is 115 Å². The van der Waals surface area contributed by atoms with Crippen molar-refractivity contribution in [2.75, 3.05) is 13.7 Å². The van der Waals surface area contributed by atoms with Crippen molar-refractivity contribution in [3.8, 4) is 5.75 Å². The summed E-state index contributed by atoms with van der Waals surface area (Å²) in [7, 11) is 1.60. The van der Waals surface area contributed by atoms with Crippen LogP contribution in [0, 0.1) is 24.0 Å². The molecule has 1 aliphatic rings. The average Bonchev–Trinajstić information content (AvgIpc) is 3.16. The predicted molar refractivity (Wildman–Crippen MR) is 135 cm³/mol. The quantitative estimate of drug-likeness (QED) is 0.278. The summed E-state index contributed by atoms with van der Waals surface area (Å²) >= 11 is 0. The first-order valence-corrected chi connectivity index (χ1v) is 11.5. The van der Waals surface area contributed by atoms with Gasteiger partial charge in [0.1, 0.15) is 11.3 Å². The summed E-state index contributed by atoms with van der Waals surface area (Å²) in [6, 6.07) is 16.4. The molecule has 0 saturated heterocycles. The Bertz CT molecular complexity index is 1550. The summed E-state index contributed by atoms with van der Waals surface area (Å²) in [5.74, 6) is 0.382. The van der Waals surface area contributed by atoms with E-state index in [0.29, 0.717) is 29.5 Å². The first-order chi connectivity index (χ1) is 17.3. The van der Waals surface area contributed by atoms with Gasteiger partial charge in [-0.15, -0.1) is 0 Å². The number of methoxy groups -OCH3 is 1. The minimum atomic E-state index is -0.714. The number of fused-ring (bicyclic) bond motifs is 2. The number of carbonyl (C=O) groups excluding carboxylic acids is 1. The Kier molecular flexibility index (Phi) is 5.80. The van der Waals surface area contributed by atoms with E-state index in [0.717, 1.165) is 22.4 Å². The molecule has 1 atom stereocenters. The van der Waals surface area contributed by atoms with Crippen molar-refractivity contribution in [2.45, 2.75) is 26.3 Å². The number of hydrogen-bond donors (Lipinski definition) is 0. The summed E-state index contributed by atoms with van der Waals surface area (Å²) in [6.45, 7) is 4.16. The van der Waals surface area contributed by atoms with Crippen LogP contribution in [-0.2, 0) is 6.42 Å². The molecule has 8 heteroatoms. The van der Waals surface area contributed by atoms with Crippen LogP contribution < -0.4 is 10.2 Å². The molecule has 0 spiro atoms. The molecule has 0 bridgehead atoms. The average molecular weight is 485 g/mol. The van der Waals surface area contributed by atoms with Gasteiger partial charge in [-0.1, -0.05) is 12.1 Å². The highest BCUT2D eigenvalue weighted by Crippen LogP contribution is 2.39. The maximum Gasteiger partial charge on any atom is 0.290 e. The second-order valence-corrected chi connectivity index (χ2v) is 8.95. The van der Waals surface area contributed by atoms with Crippen molar-refractivity contribution in [1.82, 2.24) is 4.90 Å². The molecule has 2 heterocycles. The fourth-order valence-corrected chi connectivity index (χ4v) is 4.67. The van der Waals surface area contributed by atoms with Crippen LogP contribution in [0.3, 0.4) is 0 Å². The number of rotatable bonds is 6. The maximum atomic E-state index is 13.7. The lowest BCUT2D eigenvalue weighted by molar-refractivity contribution is -0.384. The van der Waals surface area contributed by atoms with Crippen LogP contribution in [-0.4, -0.2) is 29.4 Å². The molecule has 0 fully saturated rings. The largest absolute Gasteiger partial charge is 0.497 e. The number of ether oxygens (including phenoxy) is 1. The molecule has 0 radical (unpaired) electrons. The van der Waals surface area contributed by atoms with Gasteiger partial charge in [-0.25, -0.2) is 0 Å². The fraction of sp³-hybridized carbons (Fsp3) is 0.214. The van der Waals surface area contributed by atoms with Gasteiger partial charge in [-0.3, -0.25) is 19.7 Å². The minimum absolute atomic E-state index is 0.0221. The Hall–Kier alpha value is -4.46. The molecule has 1 amide bonds. The van der Waals surface area contributed by atoms with Gasteiger partial charge in [0.25, 0.3) is 11.6 Å². The number of aryl methyl sites for hydroxylation is 2. The monoisotopic (exact) mass is 484 g/mol. The molecule has 1 unspecified atom stereocenters. The molecule has 1 aliphatic heterocycles. The number of nitrogens with zero attached hydrogens (tertiary/aromatic N) is 2. The van der Waals surface area contributed by atoms with E-state index in [1.807, 2.05) is 38.1 Å². The topological polar surface area (TPSA) is 103 Å². The number of non-ortho nitro benzene ring substituents is 1. The summed E-state index contributed by atoms with van der Waals surface area (Å²) in [6.07, 6.45) is 0.541. The Morgan fingerprint density at radius 1 is 1.00 bits per heavy atom. The Morgan fingerprint density at radius 2 is 1.67 bits per heavy atom. The maximum absolute atomic E-state index is 13.7. The number of hydrogen-bond acceptors (Lipinski definition) is 6. The highest BCUT2D eigenvalue weighted by molar-refractivity contribution is 5.99. The third-order valence-electron chi connectivity index (χ3n) is 6.80. The zero-order valence-corrected chi connectivity index (χ0v) is 20.1. The van der Waals surface area contributed by atoms with Gasteiger partial charge in [-0.05, 0) is 78.9 Å². The van der Waals surface area contributed by atoms with E-state index in [1.54, 1.807) is 36.3 Å². The number of nitro benzene ring substituents is 1. The van der Waals surface area contributed by atoms with E-state index in [9.17, 15) is 19.7 Å². The molecule has 1 aromatic heterocycles. The molecule has 0 saturated carbocycles. The second kappa shape index (κ2) is 8.96. The summed E-state index contributed by atoms with van der Waals surface area (Å²) in [4.78, 5) is 39.6. The molecule has 4 aromatic rings. The third-order valence-corrected chi connectivity index (χ3v) is 6.80. The predicted octanol–water partition coefficient (Wildman–Crippen LogP) is 5.11. The third kappa shape index (κ3) is 3.90. The lowest BCUT2D eigenvalue weighted by Gasteiger charge is -2.25. The van der Waals surface area contributed by atoms with E-state index < -0.39 is 11.0 Å². The minimum Gasteiger partial charge on any atom is -0.497 e. The lowest BCUT2D eigenvalue weighted by atomic mass is 9.97. The van der Waals surface area contributed by atoms with Crippen molar-refractivity contribution >= 4 is 22.6 Å². The van der Waals surface area contributed by atoms with Gasteiger partial charge in [0.15, 0.2) is 5.43 Å². The van der Waals surface area contributed by atoms with Crippen molar-refractivity contribution < 1.29 is 18.9 Å². The molecule has 3 aromatic carbocycles. The Balaban J connectivity index is 1.61. The lowest BCUT2D eigenvalue weighted by Crippen LogP contribution is -2.31. The van der Waals surface area contributed by atoms with E-state index >= 15 is 0 Å². The number of benzene rings is 3. The molecular formula is C28H24N2O6. The van der Waals surface area contributed by atoms with Crippen LogP contribution in [0.1, 0.15) is 44.4 Å². The molecule has 182 valence electrons. The summed E-state index contributed by atoms with van der Waals surface area (Å²) in [5, 5.41) is 11.6. The van der Waals surface area contributed by atoms with Crippen molar-refractivity contribution in [3.63, 3.8) is 0 Å². The second-order valence-electron chi connectivity index (χ2n) is 8.95. The van der Waals surface area contributed by atoms with Gasteiger partial charge >= 0.3 is 0 Å². The van der Waals surface area contributed by atoms with Gasteiger partial charge in [0.05, 0.1) is 29.0 Å². The van der Waals surface area contributed by atoms with Crippen LogP contribution in [0.25, 0.3) is 11.0 Å². The Morgan fingerprint density at radius 3 is 2.31 bits per heavy atom.